The van der Waals surface area contributed by atoms with Crippen LogP contribution in [-0.2, 0) is 23.8 Å². The molecule has 0 bridgehead atoms. The van der Waals surface area contributed by atoms with E-state index in [0.29, 0.717) is 60.9 Å². The number of aromatic nitrogens is 2. The number of hydrogen-bond acceptors (Lipinski definition) is 9. The van der Waals surface area contributed by atoms with Gasteiger partial charge in [-0.1, -0.05) is 18.2 Å². The van der Waals surface area contributed by atoms with E-state index in [9.17, 15) is 18.0 Å². The zero-order chi connectivity index (χ0) is 31.2. The van der Waals surface area contributed by atoms with Crippen LogP contribution in [0, 0.1) is 5.92 Å². The molecule has 0 spiro atoms. The molecule has 0 saturated carbocycles. The molecule has 1 fully saturated rings. The van der Waals surface area contributed by atoms with Gasteiger partial charge in [-0.15, -0.1) is 0 Å². The van der Waals surface area contributed by atoms with E-state index in [0.717, 1.165) is 6.26 Å². The van der Waals surface area contributed by atoms with Gasteiger partial charge in [0.25, 0.3) is 10.1 Å². The first-order valence-electron chi connectivity index (χ1n) is 14.2. The Hall–Kier alpha value is -3.90. The lowest BCUT2D eigenvalue weighted by molar-refractivity contribution is 0.0169. The van der Waals surface area contributed by atoms with E-state index in [1.807, 2.05) is 63.2 Å². The first kappa shape index (κ1) is 32.0. The minimum atomic E-state index is -3.65. The number of esters is 1. The molecule has 12 heteroatoms. The number of piperidine rings is 1. The number of benzene rings is 2. The second-order valence-corrected chi connectivity index (χ2v) is 13.1. The number of para-hydroxylation sites is 1. The molecule has 1 aliphatic rings. The average molecular weight is 614 g/mol. The van der Waals surface area contributed by atoms with Gasteiger partial charge in [0, 0.05) is 24.6 Å². The topological polar surface area (TPSA) is 137 Å². The van der Waals surface area contributed by atoms with Gasteiger partial charge >= 0.3 is 12.1 Å². The molecule has 1 N–H and O–H groups in total. The predicted octanol–water partition coefficient (Wildman–Crippen LogP) is 5.75. The monoisotopic (exact) mass is 613 g/mol. The van der Waals surface area contributed by atoms with Crippen LogP contribution in [0.5, 0.6) is 11.5 Å². The summed E-state index contributed by atoms with van der Waals surface area (Å²) < 4.78 is 44.9. The fourth-order valence-electron chi connectivity index (χ4n) is 5.06. The lowest BCUT2D eigenvalue weighted by Crippen LogP contribution is -2.42. The lowest BCUT2D eigenvalue weighted by atomic mass is 9.82. The number of carbonyl (C=O) groups is 2. The third-order valence-corrected chi connectivity index (χ3v) is 7.65. The molecule has 1 unspecified atom stereocenters. The van der Waals surface area contributed by atoms with Crippen molar-refractivity contribution in [3.63, 3.8) is 0 Å². The zero-order valence-electron chi connectivity index (χ0n) is 25.2. The summed E-state index contributed by atoms with van der Waals surface area (Å²) in [6.07, 6.45) is 2.25. The minimum Gasteiger partial charge on any atom is -0.464 e. The maximum atomic E-state index is 12.8. The van der Waals surface area contributed by atoms with Crippen molar-refractivity contribution in [2.75, 3.05) is 33.1 Å². The van der Waals surface area contributed by atoms with E-state index in [-0.39, 0.29) is 30.2 Å². The van der Waals surface area contributed by atoms with Crippen molar-refractivity contribution < 1.29 is 36.4 Å². The molecular formula is C31H39N3O8S. The van der Waals surface area contributed by atoms with Crippen molar-refractivity contribution in [1.82, 2.24) is 14.9 Å². The van der Waals surface area contributed by atoms with Crippen LogP contribution >= 0.6 is 0 Å². The Bertz CT molecular complexity index is 1490. The van der Waals surface area contributed by atoms with Gasteiger partial charge in [-0.3, -0.25) is 4.18 Å². The molecule has 1 amide bonds. The molecule has 0 radical (unpaired) electrons. The number of aromatic amines is 1. The second-order valence-electron chi connectivity index (χ2n) is 11.5. The van der Waals surface area contributed by atoms with E-state index < -0.39 is 21.7 Å². The zero-order valence-corrected chi connectivity index (χ0v) is 26.0. The third-order valence-electron chi connectivity index (χ3n) is 7.06. The minimum absolute atomic E-state index is 0.0352. The van der Waals surface area contributed by atoms with Crippen molar-refractivity contribution in [3.8, 4) is 22.8 Å². The predicted molar refractivity (Wildman–Crippen MR) is 161 cm³/mol. The highest BCUT2D eigenvalue weighted by molar-refractivity contribution is 7.85. The first-order valence-corrected chi connectivity index (χ1v) is 16.0. The number of carbonyl (C=O) groups excluding carboxylic acids is 2. The van der Waals surface area contributed by atoms with Crippen LogP contribution in [0.1, 0.15) is 62.3 Å². The average Bonchev–Trinajstić information content (AvgIpc) is 3.40. The molecule has 1 aliphatic heterocycles. The molecule has 232 valence electrons. The Morgan fingerprint density at radius 2 is 1.65 bits per heavy atom. The van der Waals surface area contributed by atoms with Gasteiger partial charge in [0.1, 0.15) is 28.6 Å². The summed E-state index contributed by atoms with van der Waals surface area (Å²) in [5.74, 6) is 1.02. The number of nitrogens with one attached hydrogen (secondary N) is 1. The number of amides is 1. The highest BCUT2D eigenvalue weighted by atomic mass is 32.2. The van der Waals surface area contributed by atoms with Crippen LogP contribution in [0.2, 0.25) is 0 Å². The van der Waals surface area contributed by atoms with Gasteiger partial charge in [0.2, 0.25) is 0 Å². The van der Waals surface area contributed by atoms with Gasteiger partial charge in [0.15, 0.2) is 5.69 Å². The Balaban J connectivity index is 1.59. The quantitative estimate of drug-likeness (QED) is 0.224. The first-order chi connectivity index (χ1) is 20.3. The van der Waals surface area contributed by atoms with Gasteiger partial charge < -0.3 is 24.1 Å². The third kappa shape index (κ3) is 9.04. The number of methoxy groups -OCH3 is 1. The molecule has 2 aromatic carbocycles. The van der Waals surface area contributed by atoms with Gasteiger partial charge in [-0.2, -0.15) is 8.42 Å². The van der Waals surface area contributed by atoms with Crippen LogP contribution < -0.4 is 4.74 Å². The molecule has 11 nitrogen and oxygen atoms in total. The number of hydrogen-bond donors (Lipinski definition) is 1. The molecule has 1 saturated heterocycles. The smallest absolute Gasteiger partial charge is 0.410 e. The summed E-state index contributed by atoms with van der Waals surface area (Å²) in [5.41, 5.74) is 0.678. The van der Waals surface area contributed by atoms with E-state index in [1.165, 1.54) is 7.11 Å². The van der Waals surface area contributed by atoms with E-state index in [2.05, 4.69) is 4.98 Å². The van der Waals surface area contributed by atoms with Crippen molar-refractivity contribution >= 4 is 22.2 Å². The van der Waals surface area contributed by atoms with Crippen LogP contribution in [-0.4, -0.2) is 74.0 Å². The highest BCUT2D eigenvalue weighted by Crippen LogP contribution is 2.37. The van der Waals surface area contributed by atoms with E-state index >= 15 is 0 Å². The molecule has 4 rings (SSSR count). The molecule has 43 heavy (non-hydrogen) atoms. The lowest BCUT2D eigenvalue weighted by Gasteiger charge is -2.36. The molecule has 1 atom stereocenters. The Morgan fingerprint density at radius 1 is 1.02 bits per heavy atom. The highest BCUT2D eigenvalue weighted by Gasteiger charge is 2.34. The molecular weight excluding hydrogens is 574 g/mol. The molecule has 2 heterocycles. The normalized spacial score (nSPS) is 15.1. The number of imidazole rings is 1. The number of rotatable bonds is 10. The Morgan fingerprint density at radius 3 is 2.23 bits per heavy atom. The number of likely N-dealkylation sites (tertiary alicyclic amines) is 1. The Kier molecular flexibility index (Phi) is 10.1. The maximum Gasteiger partial charge on any atom is 0.410 e. The second kappa shape index (κ2) is 13.6. The molecule has 1 aromatic heterocycles. The van der Waals surface area contributed by atoms with Crippen LogP contribution in [0.15, 0.2) is 54.6 Å². The Labute approximate surface area is 252 Å². The van der Waals surface area contributed by atoms with Crippen LogP contribution in [0.4, 0.5) is 4.79 Å². The number of nitrogens with zero attached hydrogens (tertiary/aromatic N) is 2. The van der Waals surface area contributed by atoms with Gasteiger partial charge in [-0.05, 0) is 82.3 Å². The van der Waals surface area contributed by atoms with Gasteiger partial charge in [0.05, 0.1) is 20.0 Å². The molecule has 0 aliphatic carbocycles. The van der Waals surface area contributed by atoms with Crippen LogP contribution in [0.3, 0.4) is 0 Å². The summed E-state index contributed by atoms with van der Waals surface area (Å²) in [5, 5.41) is 0. The fourth-order valence-corrected chi connectivity index (χ4v) is 5.46. The number of H-pyrrole nitrogens is 1. The van der Waals surface area contributed by atoms with Crippen LogP contribution in [0.25, 0.3) is 11.3 Å². The molecule has 3 aromatic rings. The number of ether oxygens (including phenoxy) is 3. The van der Waals surface area contributed by atoms with E-state index in [1.54, 1.807) is 17.0 Å². The maximum absolute atomic E-state index is 12.8. The van der Waals surface area contributed by atoms with Crippen molar-refractivity contribution in [2.45, 2.75) is 51.6 Å². The summed E-state index contributed by atoms with van der Waals surface area (Å²) in [6, 6.07) is 16.6. The van der Waals surface area contributed by atoms with Crippen molar-refractivity contribution in [2.24, 2.45) is 5.92 Å². The standard InChI is InChI=1S/C31H39N3O8S/c1-31(2,3)42-30(36)34-18-15-21(16-19-34)25(17-20-40-43(5,37)38)28-32-26(27(33-28)29(35)39-4)22-11-13-24(14-12-22)41-23-9-7-6-8-10-23/h6-14,21,25H,15-20H2,1-5H3,(H,32,33). The van der Waals surface area contributed by atoms with Crippen molar-refractivity contribution in [3.05, 3.63) is 66.1 Å². The largest absolute Gasteiger partial charge is 0.464 e. The van der Waals surface area contributed by atoms with Crippen molar-refractivity contribution in [1.29, 1.82) is 0 Å². The summed E-state index contributed by atoms with van der Waals surface area (Å²) in [7, 11) is -2.35. The fraction of sp³-hybridized carbons (Fsp3) is 0.452. The summed E-state index contributed by atoms with van der Waals surface area (Å²) >= 11 is 0. The SMILES string of the molecule is COC(=O)c1[nH]c(C(CCOS(C)(=O)=O)C2CCN(C(=O)OC(C)(C)C)CC2)nc1-c1ccc(Oc2ccccc2)cc1. The summed E-state index contributed by atoms with van der Waals surface area (Å²) in [6.45, 7) is 6.38. The van der Waals surface area contributed by atoms with Gasteiger partial charge in [-0.25, -0.2) is 14.6 Å². The van der Waals surface area contributed by atoms with E-state index in [4.69, 9.17) is 23.4 Å². The summed E-state index contributed by atoms with van der Waals surface area (Å²) in [4.78, 5) is 35.1.